The van der Waals surface area contributed by atoms with E-state index in [2.05, 4.69) is 0 Å². The van der Waals surface area contributed by atoms with Crippen molar-refractivity contribution < 1.29 is 10.2 Å². The second-order valence-corrected chi connectivity index (χ2v) is 8.06. The van der Waals surface area contributed by atoms with Gasteiger partial charge in [0.15, 0.2) is 0 Å². The third-order valence-electron chi connectivity index (χ3n) is 3.38. The maximum absolute atomic E-state index is 10.0. The van der Waals surface area contributed by atoms with Gasteiger partial charge in [0, 0.05) is 12.0 Å². The van der Waals surface area contributed by atoms with E-state index < -0.39 is 27.6 Å². The Balaban J connectivity index is 4.04. The number of hydrogen-bond acceptors (Lipinski definition) is 2. The Morgan fingerprint density at radius 3 is 1.81 bits per heavy atom. The van der Waals surface area contributed by atoms with Gasteiger partial charge in [0.05, 0.1) is 27.6 Å². The van der Waals surface area contributed by atoms with E-state index in [4.69, 9.17) is 63.1 Å². The Morgan fingerprint density at radius 2 is 1.29 bits per heavy atom. The third kappa shape index (κ3) is 9.30. The highest BCUT2D eigenvalue weighted by molar-refractivity contribution is 6.36. The van der Waals surface area contributed by atoms with Gasteiger partial charge < -0.3 is 10.2 Å². The van der Waals surface area contributed by atoms with E-state index in [0.717, 1.165) is 38.5 Å². The predicted molar refractivity (Wildman–Crippen MR) is 94.7 cm³/mol. The number of unbranched alkanes of at least 4 members (excludes halogenated alkanes) is 4. The Morgan fingerprint density at radius 1 is 0.762 bits per heavy atom. The molecule has 0 radical (unpaired) electrons. The molecule has 0 saturated heterocycles. The average molecular weight is 403 g/mol. The molecule has 0 aromatic rings. The van der Waals surface area contributed by atoms with E-state index in [1.165, 1.54) is 0 Å². The molecule has 7 heteroatoms. The standard InChI is InChI=1S/C14H25Cl5O2/c1-9(15)11(17)14(21)13(19)12(18)10(16)7-5-3-2-4-6-8-20/h9-14,20-21H,2-8H2,1H3/t9-,10-,11-,12+,13-,14-/m1/s1. The first-order chi connectivity index (χ1) is 9.82. The topological polar surface area (TPSA) is 40.5 Å². The Bertz CT molecular complexity index is 256. The van der Waals surface area contributed by atoms with Crippen LogP contribution in [0.4, 0.5) is 0 Å². The monoisotopic (exact) mass is 400 g/mol. The fraction of sp³-hybridized carbons (Fsp3) is 1.00. The molecule has 0 bridgehead atoms. The van der Waals surface area contributed by atoms with E-state index in [1.54, 1.807) is 6.92 Å². The molecule has 0 rings (SSSR count). The highest BCUT2D eigenvalue weighted by Gasteiger charge is 2.35. The molecular formula is C14H25Cl5O2. The van der Waals surface area contributed by atoms with Crippen molar-refractivity contribution in [2.45, 2.75) is 78.4 Å². The van der Waals surface area contributed by atoms with Crippen molar-refractivity contribution >= 4 is 58.0 Å². The lowest BCUT2D eigenvalue weighted by Crippen LogP contribution is -2.42. The van der Waals surface area contributed by atoms with Crippen LogP contribution >= 0.6 is 58.0 Å². The summed E-state index contributed by atoms with van der Waals surface area (Å²) in [5, 5.41) is 16.0. The first-order valence-electron chi connectivity index (χ1n) is 7.32. The molecule has 2 N–H and O–H groups in total. The van der Waals surface area contributed by atoms with E-state index in [9.17, 15) is 5.11 Å². The van der Waals surface area contributed by atoms with Gasteiger partial charge in [0.1, 0.15) is 0 Å². The predicted octanol–water partition coefficient (Wildman–Crippen LogP) is 4.74. The summed E-state index contributed by atoms with van der Waals surface area (Å²) in [6.07, 6.45) is 4.64. The normalized spacial score (nSPS) is 20.6. The van der Waals surface area contributed by atoms with Gasteiger partial charge in [-0.05, 0) is 19.8 Å². The minimum absolute atomic E-state index is 0.242. The summed E-state index contributed by atoms with van der Waals surface area (Å²) in [6, 6.07) is 0. The summed E-state index contributed by atoms with van der Waals surface area (Å²) in [7, 11) is 0. The van der Waals surface area contributed by atoms with E-state index >= 15 is 0 Å². The zero-order valence-electron chi connectivity index (χ0n) is 12.2. The summed E-state index contributed by atoms with van der Waals surface area (Å²) >= 11 is 30.5. The van der Waals surface area contributed by atoms with E-state index in [0.29, 0.717) is 0 Å². The summed E-state index contributed by atoms with van der Waals surface area (Å²) in [5.74, 6) is 0. The van der Waals surface area contributed by atoms with Gasteiger partial charge in [-0.15, -0.1) is 58.0 Å². The lowest BCUT2D eigenvalue weighted by atomic mass is 10.0. The van der Waals surface area contributed by atoms with Gasteiger partial charge in [-0.1, -0.05) is 25.7 Å². The van der Waals surface area contributed by atoms with Crippen LogP contribution < -0.4 is 0 Å². The molecule has 0 aromatic carbocycles. The number of rotatable bonds is 12. The zero-order chi connectivity index (χ0) is 16.4. The maximum atomic E-state index is 10.0. The molecule has 0 saturated carbocycles. The molecule has 0 aliphatic heterocycles. The Labute approximate surface area is 153 Å². The lowest BCUT2D eigenvalue weighted by Gasteiger charge is -2.28. The summed E-state index contributed by atoms with van der Waals surface area (Å²) in [6.45, 7) is 1.94. The number of hydrogen-bond donors (Lipinski definition) is 2. The fourth-order valence-electron chi connectivity index (χ4n) is 1.98. The van der Waals surface area contributed by atoms with Crippen LogP contribution in [0, 0.1) is 0 Å². The van der Waals surface area contributed by atoms with Gasteiger partial charge in [0.25, 0.3) is 0 Å². The van der Waals surface area contributed by atoms with Crippen molar-refractivity contribution in [2.75, 3.05) is 6.61 Å². The van der Waals surface area contributed by atoms with Crippen LogP contribution in [0.25, 0.3) is 0 Å². The molecular weight excluding hydrogens is 377 g/mol. The number of aliphatic hydroxyl groups is 2. The highest BCUT2D eigenvalue weighted by Crippen LogP contribution is 2.29. The Hall–Kier alpha value is 1.37. The lowest BCUT2D eigenvalue weighted by molar-refractivity contribution is 0.160. The number of halogens is 5. The smallest absolute Gasteiger partial charge is 0.0896 e. The van der Waals surface area contributed by atoms with Crippen molar-refractivity contribution in [1.82, 2.24) is 0 Å². The molecule has 128 valence electrons. The van der Waals surface area contributed by atoms with E-state index in [1.807, 2.05) is 0 Å². The van der Waals surface area contributed by atoms with E-state index in [-0.39, 0.29) is 12.0 Å². The molecule has 0 aliphatic carbocycles. The van der Waals surface area contributed by atoms with Crippen molar-refractivity contribution in [3.05, 3.63) is 0 Å². The molecule has 0 amide bonds. The number of alkyl halides is 5. The summed E-state index contributed by atoms with van der Waals surface area (Å²) in [5.41, 5.74) is 0. The molecule has 0 unspecified atom stereocenters. The van der Waals surface area contributed by atoms with Crippen LogP contribution in [0.2, 0.25) is 0 Å². The van der Waals surface area contributed by atoms with Gasteiger partial charge in [0.2, 0.25) is 0 Å². The van der Waals surface area contributed by atoms with Crippen LogP contribution in [0.15, 0.2) is 0 Å². The first-order valence-corrected chi connectivity index (χ1v) is 9.50. The van der Waals surface area contributed by atoms with Crippen molar-refractivity contribution in [1.29, 1.82) is 0 Å². The van der Waals surface area contributed by atoms with Crippen molar-refractivity contribution in [2.24, 2.45) is 0 Å². The van der Waals surface area contributed by atoms with Gasteiger partial charge in [-0.3, -0.25) is 0 Å². The summed E-state index contributed by atoms with van der Waals surface area (Å²) in [4.78, 5) is 0. The van der Waals surface area contributed by atoms with Crippen molar-refractivity contribution in [3.8, 4) is 0 Å². The minimum atomic E-state index is -1.01. The largest absolute Gasteiger partial charge is 0.396 e. The first kappa shape index (κ1) is 22.4. The zero-order valence-corrected chi connectivity index (χ0v) is 16.0. The molecule has 0 aliphatic rings. The van der Waals surface area contributed by atoms with Crippen LogP contribution in [0.5, 0.6) is 0 Å². The second kappa shape index (κ2) is 12.8. The Kier molecular flexibility index (Phi) is 13.6. The molecule has 0 heterocycles. The van der Waals surface area contributed by atoms with Crippen LogP contribution in [0.1, 0.15) is 45.4 Å². The second-order valence-electron chi connectivity index (χ2n) is 5.30. The van der Waals surface area contributed by atoms with Crippen LogP contribution in [-0.2, 0) is 0 Å². The quantitative estimate of drug-likeness (QED) is 0.366. The minimum Gasteiger partial charge on any atom is -0.396 e. The molecule has 0 spiro atoms. The molecule has 2 nitrogen and oxygen atoms in total. The molecule has 0 fully saturated rings. The third-order valence-corrected chi connectivity index (χ3v) is 6.27. The maximum Gasteiger partial charge on any atom is 0.0896 e. The van der Waals surface area contributed by atoms with Crippen molar-refractivity contribution in [3.63, 3.8) is 0 Å². The molecule has 21 heavy (non-hydrogen) atoms. The molecule has 0 aromatic heterocycles. The van der Waals surface area contributed by atoms with Gasteiger partial charge >= 0.3 is 0 Å². The van der Waals surface area contributed by atoms with Gasteiger partial charge in [-0.25, -0.2) is 0 Å². The molecule has 6 atom stereocenters. The van der Waals surface area contributed by atoms with Crippen LogP contribution in [-0.4, -0.2) is 49.8 Å². The van der Waals surface area contributed by atoms with Gasteiger partial charge in [-0.2, -0.15) is 0 Å². The number of aliphatic hydroxyl groups excluding tert-OH is 2. The highest BCUT2D eigenvalue weighted by atomic mass is 35.5. The van der Waals surface area contributed by atoms with Crippen LogP contribution in [0.3, 0.4) is 0 Å². The SMILES string of the molecule is C[C@@H](Cl)[C@@H](Cl)[C@@H](O)[C@H](Cl)[C@@H](Cl)[C@H](Cl)CCCCCCCO. The fourth-order valence-corrected chi connectivity index (χ4v) is 3.35. The summed E-state index contributed by atoms with van der Waals surface area (Å²) < 4.78 is 0. The average Bonchev–Trinajstić information content (AvgIpc) is 2.47.